The van der Waals surface area contributed by atoms with E-state index in [2.05, 4.69) is 33.5 Å². The molecule has 3 rings (SSSR count). The molecule has 27 heavy (non-hydrogen) atoms. The third-order valence-electron chi connectivity index (χ3n) is 5.69. The lowest BCUT2D eigenvalue weighted by molar-refractivity contribution is -0.136. The first-order chi connectivity index (χ1) is 12.8. The SMILES string of the molecule is CCC(NC(=O)CN1C(=O)NC2(CCC(C)CC2)C1=O)c1ccc(Br)cc1. The van der Waals surface area contributed by atoms with Gasteiger partial charge in [0, 0.05) is 4.47 Å². The number of rotatable bonds is 5. The summed E-state index contributed by atoms with van der Waals surface area (Å²) in [5, 5.41) is 5.79. The summed E-state index contributed by atoms with van der Waals surface area (Å²) in [6.45, 7) is 3.90. The molecule has 1 atom stereocenters. The van der Waals surface area contributed by atoms with Crippen LogP contribution in [0.15, 0.2) is 28.7 Å². The molecule has 1 spiro atoms. The van der Waals surface area contributed by atoms with Crippen LogP contribution in [0.1, 0.15) is 57.6 Å². The van der Waals surface area contributed by atoms with Gasteiger partial charge in [0.15, 0.2) is 0 Å². The van der Waals surface area contributed by atoms with E-state index in [0.29, 0.717) is 18.8 Å². The van der Waals surface area contributed by atoms with Gasteiger partial charge in [-0.25, -0.2) is 4.79 Å². The van der Waals surface area contributed by atoms with Crippen LogP contribution in [0.2, 0.25) is 0 Å². The lowest BCUT2D eigenvalue weighted by atomic mass is 9.77. The van der Waals surface area contributed by atoms with E-state index < -0.39 is 11.6 Å². The van der Waals surface area contributed by atoms with Gasteiger partial charge in [-0.3, -0.25) is 14.5 Å². The van der Waals surface area contributed by atoms with Gasteiger partial charge in [0.25, 0.3) is 5.91 Å². The van der Waals surface area contributed by atoms with E-state index in [-0.39, 0.29) is 24.4 Å². The van der Waals surface area contributed by atoms with Crippen LogP contribution in [-0.2, 0) is 9.59 Å². The Morgan fingerprint density at radius 3 is 2.52 bits per heavy atom. The quantitative estimate of drug-likeness (QED) is 0.694. The minimum atomic E-state index is -0.806. The fourth-order valence-corrected chi connectivity index (χ4v) is 4.18. The van der Waals surface area contributed by atoms with Crippen LogP contribution in [-0.4, -0.2) is 34.8 Å². The van der Waals surface area contributed by atoms with Crippen molar-refractivity contribution in [2.75, 3.05) is 6.54 Å². The molecule has 1 aromatic rings. The summed E-state index contributed by atoms with van der Waals surface area (Å²) in [7, 11) is 0. The molecule has 7 heteroatoms. The summed E-state index contributed by atoms with van der Waals surface area (Å²) in [6.07, 6.45) is 3.83. The van der Waals surface area contributed by atoms with E-state index >= 15 is 0 Å². The molecule has 1 heterocycles. The average molecular weight is 436 g/mol. The van der Waals surface area contributed by atoms with Crippen LogP contribution in [0, 0.1) is 5.92 Å². The molecule has 146 valence electrons. The van der Waals surface area contributed by atoms with E-state index in [1.807, 2.05) is 31.2 Å². The van der Waals surface area contributed by atoms with Crippen molar-refractivity contribution in [2.24, 2.45) is 5.92 Å². The standard InChI is InChI=1S/C20H26BrN3O3/c1-3-16(14-4-6-15(21)7-5-14)22-17(25)12-24-18(26)20(23-19(24)27)10-8-13(2)9-11-20/h4-7,13,16H,3,8-12H2,1-2H3,(H,22,25)(H,23,27). The second-order valence-electron chi connectivity index (χ2n) is 7.67. The molecule has 1 saturated carbocycles. The largest absolute Gasteiger partial charge is 0.348 e. The van der Waals surface area contributed by atoms with Crippen molar-refractivity contribution in [3.05, 3.63) is 34.3 Å². The zero-order valence-electron chi connectivity index (χ0n) is 15.8. The Bertz CT molecular complexity index is 726. The van der Waals surface area contributed by atoms with Gasteiger partial charge < -0.3 is 10.6 Å². The molecule has 1 aliphatic carbocycles. The summed E-state index contributed by atoms with van der Waals surface area (Å²) in [5.41, 5.74) is 0.184. The minimum absolute atomic E-state index is 0.157. The molecule has 2 fully saturated rings. The number of carbonyl (C=O) groups excluding carboxylic acids is 3. The Balaban J connectivity index is 1.64. The summed E-state index contributed by atoms with van der Waals surface area (Å²) in [4.78, 5) is 38.8. The number of amides is 4. The second-order valence-corrected chi connectivity index (χ2v) is 8.58. The number of benzene rings is 1. The average Bonchev–Trinajstić information content (AvgIpc) is 2.87. The van der Waals surface area contributed by atoms with Crippen LogP contribution in [0.25, 0.3) is 0 Å². The number of nitrogens with zero attached hydrogens (tertiary/aromatic N) is 1. The van der Waals surface area contributed by atoms with Gasteiger partial charge in [0.2, 0.25) is 5.91 Å². The molecule has 6 nitrogen and oxygen atoms in total. The van der Waals surface area contributed by atoms with Crippen molar-refractivity contribution in [1.82, 2.24) is 15.5 Å². The van der Waals surface area contributed by atoms with Gasteiger partial charge >= 0.3 is 6.03 Å². The lowest BCUT2D eigenvalue weighted by Gasteiger charge is -2.33. The van der Waals surface area contributed by atoms with Crippen LogP contribution in [0.5, 0.6) is 0 Å². The van der Waals surface area contributed by atoms with Gasteiger partial charge in [0.1, 0.15) is 12.1 Å². The molecule has 1 saturated heterocycles. The molecule has 1 aromatic carbocycles. The van der Waals surface area contributed by atoms with Crippen molar-refractivity contribution in [2.45, 2.75) is 57.5 Å². The number of halogens is 1. The lowest BCUT2D eigenvalue weighted by Crippen LogP contribution is -2.50. The molecular formula is C20H26BrN3O3. The third kappa shape index (κ3) is 4.18. The molecular weight excluding hydrogens is 410 g/mol. The Hall–Kier alpha value is -1.89. The van der Waals surface area contributed by atoms with Crippen molar-refractivity contribution in [3.63, 3.8) is 0 Å². The number of carbonyl (C=O) groups is 3. The van der Waals surface area contributed by atoms with Crippen molar-refractivity contribution < 1.29 is 14.4 Å². The van der Waals surface area contributed by atoms with Crippen LogP contribution in [0.4, 0.5) is 4.79 Å². The van der Waals surface area contributed by atoms with Gasteiger partial charge in [-0.05, 0) is 55.7 Å². The van der Waals surface area contributed by atoms with Gasteiger partial charge in [-0.2, -0.15) is 0 Å². The highest BCUT2D eigenvalue weighted by Gasteiger charge is 2.52. The van der Waals surface area contributed by atoms with Crippen molar-refractivity contribution in [1.29, 1.82) is 0 Å². The molecule has 0 bridgehead atoms. The highest BCUT2D eigenvalue weighted by molar-refractivity contribution is 9.10. The molecule has 1 aliphatic heterocycles. The summed E-state index contributed by atoms with van der Waals surface area (Å²) in [6, 6.07) is 7.14. The highest BCUT2D eigenvalue weighted by atomic mass is 79.9. The smallest absolute Gasteiger partial charge is 0.325 e. The van der Waals surface area contributed by atoms with Crippen LogP contribution in [0.3, 0.4) is 0 Å². The maximum absolute atomic E-state index is 12.9. The Morgan fingerprint density at radius 1 is 1.30 bits per heavy atom. The first kappa shape index (κ1) is 19.9. The number of urea groups is 1. The number of nitrogens with one attached hydrogen (secondary N) is 2. The van der Waals surface area contributed by atoms with E-state index in [9.17, 15) is 14.4 Å². The fourth-order valence-electron chi connectivity index (χ4n) is 3.91. The number of imide groups is 1. The van der Waals surface area contributed by atoms with E-state index in [1.165, 1.54) is 0 Å². The molecule has 4 amide bonds. The number of hydrogen-bond donors (Lipinski definition) is 2. The molecule has 0 radical (unpaired) electrons. The van der Waals surface area contributed by atoms with Crippen molar-refractivity contribution >= 4 is 33.8 Å². The zero-order chi connectivity index (χ0) is 19.6. The zero-order valence-corrected chi connectivity index (χ0v) is 17.3. The normalized spacial score (nSPS) is 26.2. The second kappa shape index (κ2) is 8.00. The molecule has 2 aliphatic rings. The van der Waals surface area contributed by atoms with E-state index in [4.69, 9.17) is 0 Å². The fraction of sp³-hybridized carbons (Fsp3) is 0.550. The monoisotopic (exact) mass is 435 g/mol. The Kier molecular flexibility index (Phi) is 5.89. The Morgan fingerprint density at radius 2 is 1.93 bits per heavy atom. The number of hydrogen-bond acceptors (Lipinski definition) is 3. The van der Waals surface area contributed by atoms with Gasteiger partial charge in [0.05, 0.1) is 6.04 Å². The predicted molar refractivity (Wildman–Crippen MR) is 106 cm³/mol. The predicted octanol–water partition coefficient (Wildman–Crippen LogP) is 3.52. The third-order valence-corrected chi connectivity index (χ3v) is 6.22. The maximum Gasteiger partial charge on any atom is 0.325 e. The summed E-state index contributed by atoms with van der Waals surface area (Å²) in [5.74, 6) is -0.0189. The maximum atomic E-state index is 12.9. The molecule has 2 N–H and O–H groups in total. The molecule has 1 unspecified atom stereocenters. The van der Waals surface area contributed by atoms with E-state index in [1.54, 1.807) is 0 Å². The molecule has 0 aromatic heterocycles. The highest BCUT2D eigenvalue weighted by Crippen LogP contribution is 2.36. The van der Waals surface area contributed by atoms with Crippen LogP contribution < -0.4 is 10.6 Å². The topological polar surface area (TPSA) is 78.5 Å². The van der Waals surface area contributed by atoms with Gasteiger partial charge in [-0.1, -0.05) is 41.9 Å². The Labute approximate surface area is 168 Å². The van der Waals surface area contributed by atoms with Gasteiger partial charge in [-0.15, -0.1) is 0 Å². The first-order valence-electron chi connectivity index (χ1n) is 9.53. The summed E-state index contributed by atoms with van der Waals surface area (Å²) >= 11 is 3.40. The van der Waals surface area contributed by atoms with Crippen molar-refractivity contribution in [3.8, 4) is 0 Å². The summed E-state index contributed by atoms with van der Waals surface area (Å²) < 4.78 is 0.971. The first-order valence-corrected chi connectivity index (χ1v) is 10.3. The minimum Gasteiger partial charge on any atom is -0.348 e. The van der Waals surface area contributed by atoms with E-state index in [0.717, 1.165) is 34.2 Å². The van der Waals surface area contributed by atoms with Crippen LogP contribution >= 0.6 is 15.9 Å².